The number of carbonyl (C=O) groups excluding carboxylic acids is 3. The molecule has 2 heterocycles. The van der Waals surface area contributed by atoms with E-state index in [0.717, 1.165) is 10.6 Å². The van der Waals surface area contributed by atoms with Crippen molar-refractivity contribution < 1.29 is 14.4 Å². The molecule has 0 spiro atoms. The molecule has 2 aromatic rings. The summed E-state index contributed by atoms with van der Waals surface area (Å²) in [5.41, 5.74) is 1.80. The van der Waals surface area contributed by atoms with Crippen LogP contribution in [0.3, 0.4) is 0 Å². The van der Waals surface area contributed by atoms with Gasteiger partial charge in [-0.15, -0.1) is 11.8 Å². The van der Waals surface area contributed by atoms with Crippen molar-refractivity contribution in [2.45, 2.75) is 23.0 Å². The van der Waals surface area contributed by atoms with E-state index < -0.39 is 5.25 Å². The van der Waals surface area contributed by atoms with Gasteiger partial charge in [0.05, 0.1) is 17.3 Å². The lowest BCUT2D eigenvalue weighted by molar-refractivity contribution is -0.136. The summed E-state index contributed by atoms with van der Waals surface area (Å²) in [5, 5.41) is 13.8. The zero-order valence-electron chi connectivity index (χ0n) is 16.1. The molecular weight excluding hydrogens is 400 g/mol. The smallest absolute Gasteiger partial charge is 0.247 e. The number of rotatable bonds is 3. The average Bonchev–Trinajstić information content (AvgIpc) is 2.78. The normalized spacial score (nSPS) is 18.7. The number of hydrogen-bond acceptors (Lipinski definition) is 5. The van der Waals surface area contributed by atoms with Crippen LogP contribution in [0.5, 0.6) is 0 Å². The minimum Gasteiger partial charge on any atom is -0.341 e. The second kappa shape index (κ2) is 8.59. The quantitative estimate of drug-likeness (QED) is 0.744. The van der Waals surface area contributed by atoms with E-state index in [-0.39, 0.29) is 23.6 Å². The molecule has 8 heteroatoms. The first kappa shape index (κ1) is 20.0. The van der Waals surface area contributed by atoms with Crippen LogP contribution in [0.25, 0.3) is 0 Å². The summed E-state index contributed by atoms with van der Waals surface area (Å²) in [4.78, 5) is 40.4. The molecule has 2 aliphatic heterocycles. The highest BCUT2D eigenvalue weighted by molar-refractivity contribution is 8.01. The molecule has 2 N–H and O–H groups in total. The Morgan fingerprint density at radius 2 is 1.90 bits per heavy atom. The Morgan fingerprint density at radius 3 is 2.67 bits per heavy atom. The zero-order chi connectivity index (χ0) is 21.1. The summed E-state index contributed by atoms with van der Waals surface area (Å²) < 4.78 is 0. The Kier molecular flexibility index (Phi) is 5.72. The predicted molar refractivity (Wildman–Crippen MR) is 114 cm³/mol. The Balaban J connectivity index is 1.34. The molecule has 4 rings (SSSR count). The minimum atomic E-state index is -0.806. The summed E-state index contributed by atoms with van der Waals surface area (Å²) in [6, 6.07) is 16.2. The van der Waals surface area contributed by atoms with Gasteiger partial charge in [-0.2, -0.15) is 5.26 Å². The fraction of sp³-hybridized carbons (Fsp3) is 0.273. The topological polar surface area (TPSA) is 102 Å². The Morgan fingerprint density at radius 1 is 1.13 bits per heavy atom. The van der Waals surface area contributed by atoms with Crippen molar-refractivity contribution in [3.05, 3.63) is 54.1 Å². The summed E-state index contributed by atoms with van der Waals surface area (Å²) in [6.45, 7) is 0.863. The lowest BCUT2D eigenvalue weighted by atomic mass is 9.95. The first-order valence-corrected chi connectivity index (χ1v) is 10.6. The number of nitrogens with zero attached hydrogens (tertiary/aromatic N) is 2. The SMILES string of the molecule is N#Cc1cccc(NC(=O)C2CCN(C(=O)[C@@H]3Sc4ccccc4NC3=O)CC2)c1. The molecule has 1 atom stereocenters. The lowest BCUT2D eigenvalue weighted by Gasteiger charge is -2.34. The number of para-hydroxylation sites is 1. The highest BCUT2D eigenvalue weighted by atomic mass is 32.2. The van der Waals surface area contributed by atoms with Gasteiger partial charge in [0.1, 0.15) is 0 Å². The second-order valence-corrected chi connectivity index (χ2v) is 8.41. The molecule has 1 fully saturated rings. The number of nitrogens with one attached hydrogen (secondary N) is 2. The van der Waals surface area contributed by atoms with Crippen molar-refractivity contribution in [3.63, 3.8) is 0 Å². The van der Waals surface area contributed by atoms with Gasteiger partial charge in [0, 0.05) is 29.6 Å². The van der Waals surface area contributed by atoms with Crippen molar-refractivity contribution in [1.29, 1.82) is 5.26 Å². The van der Waals surface area contributed by atoms with Crippen LogP contribution in [-0.4, -0.2) is 41.0 Å². The molecule has 2 aliphatic rings. The number of nitriles is 1. The van der Waals surface area contributed by atoms with Gasteiger partial charge in [0.15, 0.2) is 5.25 Å². The monoisotopic (exact) mass is 420 g/mol. The molecule has 1 saturated heterocycles. The van der Waals surface area contributed by atoms with Crippen molar-refractivity contribution >= 4 is 40.9 Å². The molecule has 152 valence electrons. The van der Waals surface area contributed by atoms with Crippen LogP contribution >= 0.6 is 11.8 Å². The summed E-state index contributed by atoms with van der Waals surface area (Å²) in [7, 11) is 0. The summed E-state index contributed by atoms with van der Waals surface area (Å²) in [5.74, 6) is -0.849. The largest absolute Gasteiger partial charge is 0.341 e. The van der Waals surface area contributed by atoms with E-state index in [0.29, 0.717) is 37.2 Å². The fourth-order valence-electron chi connectivity index (χ4n) is 3.65. The molecule has 0 unspecified atom stereocenters. The maximum absolute atomic E-state index is 12.9. The lowest BCUT2D eigenvalue weighted by Crippen LogP contribution is -2.48. The Labute approximate surface area is 178 Å². The molecule has 3 amide bonds. The van der Waals surface area contributed by atoms with Crippen LogP contribution in [0, 0.1) is 17.2 Å². The Bertz CT molecular complexity index is 1040. The van der Waals surface area contributed by atoms with Crippen molar-refractivity contribution in [2.75, 3.05) is 23.7 Å². The number of benzene rings is 2. The van der Waals surface area contributed by atoms with Gasteiger partial charge < -0.3 is 15.5 Å². The maximum Gasteiger partial charge on any atom is 0.247 e. The number of piperidine rings is 1. The third-order valence-corrected chi connectivity index (χ3v) is 6.55. The molecule has 0 bridgehead atoms. The van der Waals surface area contributed by atoms with Crippen LogP contribution in [0.15, 0.2) is 53.4 Å². The van der Waals surface area contributed by atoms with Gasteiger partial charge in [0.25, 0.3) is 0 Å². The van der Waals surface area contributed by atoms with Crippen LogP contribution in [0.2, 0.25) is 0 Å². The summed E-state index contributed by atoms with van der Waals surface area (Å²) in [6.07, 6.45) is 1.07. The van der Waals surface area contributed by atoms with Gasteiger partial charge in [-0.25, -0.2) is 0 Å². The molecular formula is C22H20N4O3S. The molecule has 30 heavy (non-hydrogen) atoms. The number of anilines is 2. The highest BCUT2D eigenvalue weighted by Gasteiger charge is 2.37. The number of likely N-dealkylation sites (tertiary alicyclic amines) is 1. The van der Waals surface area contributed by atoms with Crippen LogP contribution in [-0.2, 0) is 14.4 Å². The van der Waals surface area contributed by atoms with Crippen molar-refractivity contribution in [3.8, 4) is 6.07 Å². The van der Waals surface area contributed by atoms with Gasteiger partial charge in [-0.3, -0.25) is 14.4 Å². The standard InChI is InChI=1S/C22H20N4O3S/c23-13-14-4-3-5-16(12-14)24-20(27)15-8-10-26(11-9-15)22(29)19-21(28)25-17-6-1-2-7-18(17)30-19/h1-7,12,15,19H,8-11H2,(H,24,27)(H,25,28)/t19-/m1/s1. The van der Waals surface area contributed by atoms with E-state index in [1.807, 2.05) is 30.3 Å². The first-order chi connectivity index (χ1) is 14.5. The fourth-order valence-corrected chi connectivity index (χ4v) is 4.73. The minimum absolute atomic E-state index is 0.115. The van der Waals surface area contributed by atoms with E-state index in [1.165, 1.54) is 11.8 Å². The van der Waals surface area contributed by atoms with Crippen LogP contribution in [0.1, 0.15) is 18.4 Å². The van der Waals surface area contributed by atoms with Gasteiger partial charge in [0.2, 0.25) is 17.7 Å². The van der Waals surface area contributed by atoms with Crippen LogP contribution < -0.4 is 10.6 Å². The molecule has 0 aromatic heterocycles. The average molecular weight is 420 g/mol. The van der Waals surface area contributed by atoms with E-state index >= 15 is 0 Å². The van der Waals surface area contributed by atoms with Gasteiger partial charge in [-0.1, -0.05) is 18.2 Å². The van der Waals surface area contributed by atoms with Gasteiger partial charge in [-0.05, 0) is 43.2 Å². The first-order valence-electron chi connectivity index (χ1n) is 9.71. The predicted octanol–water partition coefficient (Wildman–Crippen LogP) is 2.85. The van der Waals surface area contributed by atoms with E-state index in [4.69, 9.17) is 5.26 Å². The third-order valence-electron chi connectivity index (χ3n) is 5.29. The highest BCUT2D eigenvalue weighted by Crippen LogP contribution is 2.36. The number of hydrogen-bond donors (Lipinski definition) is 2. The number of carbonyl (C=O) groups is 3. The van der Waals surface area contributed by atoms with Crippen molar-refractivity contribution in [1.82, 2.24) is 4.90 Å². The molecule has 0 aliphatic carbocycles. The number of amides is 3. The van der Waals surface area contributed by atoms with Crippen molar-refractivity contribution in [2.24, 2.45) is 5.92 Å². The molecule has 0 saturated carbocycles. The van der Waals surface area contributed by atoms with Crippen LogP contribution in [0.4, 0.5) is 11.4 Å². The van der Waals surface area contributed by atoms with E-state index in [1.54, 1.807) is 29.2 Å². The second-order valence-electron chi connectivity index (χ2n) is 7.26. The molecule has 7 nitrogen and oxygen atoms in total. The third kappa shape index (κ3) is 4.16. The van der Waals surface area contributed by atoms with E-state index in [9.17, 15) is 14.4 Å². The van der Waals surface area contributed by atoms with Gasteiger partial charge >= 0.3 is 0 Å². The molecule has 0 radical (unpaired) electrons. The van der Waals surface area contributed by atoms with E-state index in [2.05, 4.69) is 10.6 Å². The number of thioether (sulfide) groups is 1. The molecule has 2 aromatic carbocycles. The zero-order valence-corrected chi connectivity index (χ0v) is 16.9. The number of fused-ring (bicyclic) bond motifs is 1. The maximum atomic E-state index is 12.9. The summed E-state index contributed by atoms with van der Waals surface area (Å²) >= 11 is 1.27. The Hall–Kier alpha value is -3.31.